The Morgan fingerprint density at radius 2 is 1.96 bits per heavy atom. The van der Waals surface area contributed by atoms with Gasteiger partial charge in [0, 0.05) is 36.7 Å². The summed E-state index contributed by atoms with van der Waals surface area (Å²) in [7, 11) is 0. The molecule has 0 spiro atoms. The number of carbonyl (C=O) groups is 1. The standard InChI is InChI=1S/C21H24ClF2NO2/c22-16-5-2-12-25-17(14-3-1-4-14)13-15(19(16)25)18(26)6-7-20(27)8-10-21(23,24)11-9-20/h2,5,12-14,27H,1,3-4,6-11H2. The second-order valence-electron chi connectivity index (χ2n) is 8.19. The fourth-order valence-electron chi connectivity index (χ4n) is 4.28. The molecule has 0 aliphatic heterocycles. The van der Waals surface area contributed by atoms with Crippen LogP contribution in [0.2, 0.25) is 5.02 Å². The number of Topliss-reactive ketones (excluding diaryl/α,β-unsaturated/α-hetero) is 1. The van der Waals surface area contributed by atoms with Crippen molar-refractivity contribution in [3.63, 3.8) is 0 Å². The Morgan fingerprint density at radius 3 is 2.59 bits per heavy atom. The molecule has 27 heavy (non-hydrogen) atoms. The van der Waals surface area contributed by atoms with Gasteiger partial charge in [0.25, 0.3) is 0 Å². The van der Waals surface area contributed by atoms with Gasteiger partial charge >= 0.3 is 0 Å². The lowest BCUT2D eigenvalue weighted by Gasteiger charge is -2.35. The van der Waals surface area contributed by atoms with Gasteiger partial charge in [0.05, 0.1) is 16.1 Å². The fraction of sp³-hybridized carbons (Fsp3) is 0.571. The predicted octanol–water partition coefficient (Wildman–Crippen LogP) is 5.76. The molecular formula is C21H24ClF2NO2. The molecule has 146 valence electrons. The molecule has 0 bridgehead atoms. The van der Waals surface area contributed by atoms with Crippen LogP contribution < -0.4 is 0 Å². The van der Waals surface area contributed by atoms with Crippen LogP contribution in [0, 0.1) is 0 Å². The molecule has 0 saturated heterocycles. The van der Waals surface area contributed by atoms with E-state index < -0.39 is 11.5 Å². The Hall–Kier alpha value is -1.46. The highest BCUT2D eigenvalue weighted by Crippen LogP contribution is 2.42. The van der Waals surface area contributed by atoms with E-state index in [0.29, 0.717) is 22.0 Å². The van der Waals surface area contributed by atoms with Crippen molar-refractivity contribution in [1.82, 2.24) is 4.40 Å². The summed E-state index contributed by atoms with van der Waals surface area (Å²) in [6, 6.07) is 5.58. The highest BCUT2D eigenvalue weighted by atomic mass is 35.5. The first kappa shape index (κ1) is 18.9. The van der Waals surface area contributed by atoms with Crippen molar-refractivity contribution in [3.8, 4) is 0 Å². The zero-order valence-corrected chi connectivity index (χ0v) is 15.9. The molecule has 4 rings (SSSR count). The molecule has 2 saturated carbocycles. The van der Waals surface area contributed by atoms with Gasteiger partial charge in [-0.1, -0.05) is 18.0 Å². The second-order valence-corrected chi connectivity index (χ2v) is 8.60. The Labute approximate surface area is 162 Å². The SMILES string of the molecule is O=C(CCC1(O)CCC(F)(F)CC1)c1cc(C2CCC2)n2cccc(Cl)c12. The van der Waals surface area contributed by atoms with Crippen LogP contribution in [0.1, 0.15) is 79.8 Å². The summed E-state index contributed by atoms with van der Waals surface area (Å²) < 4.78 is 28.7. The van der Waals surface area contributed by atoms with Crippen LogP contribution in [0.5, 0.6) is 0 Å². The molecule has 2 aromatic rings. The molecule has 0 radical (unpaired) electrons. The monoisotopic (exact) mass is 395 g/mol. The molecule has 0 unspecified atom stereocenters. The molecule has 2 aliphatic carbocycles. The third kappa shape index (κ3) is 3.64. The molecule has 1 N–H and O–H groups in total. The summed E-state index contributed by atoms with van der Waals surface area (Å²) in [5, 5.41) is 11.1. The van der Waals surface area contributed by atoms with Crippen molar-refractivity contribution in [2.75, 3.05) is 0 Å². The first-order chi connectivity index (χ1) is 12.8. The molecular weight excluding hydrogens is 372 g/mol. The van der Waals surface area contributed by atoms with Gasteiger partial charge in [-0.3, -0.25) is 4.79 Å². The number of carbonyl (C=O) groups excluding carboxylic acids is 1. The molecule has 3 nitrogen and oxygen atoms in total. The zero-order valence-electron chi connectivity index (χ0n) is 15.2. The maximum Gasteiger partial charge on any atom is 0.248 e. The van der Waals surface area contributed by atoms with Gasteiger partial charge in [-0.2, -0.15) is 0 Å². The van der Waals surface area contributed by atoms with Gasteiger partial charge in [-0.15, -0.1) is 0 Å². The van der Waals surface area contributed by atoms with Crippen molar-refractivity contribution in [1.29, 1.82) is 0 Å². The van der Waals surface area contributed by atoms with E-state index in [9.17, 15) is 18.7 Å². The summed E-state index contributed by atoms with van der Waals surface area (Å²) in [4.78, 5) is 12.9. The third-order valence-electron chi connectivity index (χ3n) is 6.32. The van der Waals surface area contributed by atoms with Gasteiger partial charge in [0.1, 0.15) is 0 Å². The number of nitrogens with zero attached hydrogens (tertiary/aromatic N) is 1. The number of ketones is 1. The Bertz CT molecular complexity index is 862. The molecule has 2 aromatic heterocycles. The normalized spacial score (nSPS) is 21.9. The Kier molecular flexibility index (Phi) is 4.79. The van der Waals surface area contributed by atoms with Gasteiger partial charge in [0.15, 0.2) is 5.78 Å². The molecule has 0 amide bonds. The lowest BCUT2D eigenvalue weighted by atomic mass is 9.79. The van der Waals surface area contributed by atoms with Crippen LogP contribution in [-0.4, -0.2) is 26.8 Å². The molecule has 6 heteroatoms. The number of aliphatic hydroxyl groups is 1. The second kappa shape index (κ2) is 6.85. The number of rotatable bonds is 5. The van der Waals surface area contributed by atoms with Crippen LogP contribution in [0.15, 0.2) is 24.4 Å². The molecule has 2 fully saturated rings. The number of alkyl halides is 2. The van der Waals surface area contributed by atoms with Crippen LogP contribution in [0.3, 0.4) is 0 Å². The number of hydrogen-bond acceptors (Lipinski definition) is 2. The Balaban J connectivity index is 1.54. The quantitative estimate of drug-likeness (QED) is 0.653. The summed E-state index contributed by atoms with van der Waals surface area (Å²) >= 11 is 6.39. The highest BCUT2D eigenvalue weighted by Gasteiger charge is 2.42. The number of hydrogen-bond donors (Lipinski definition) is 1. The minimum atomic E-state index is -2.69. The van der Waals surface area contributed by atoms with Crippen molar-refractivity contribution < 1.29 is 18.7 Å². The number of halogens is 3. The van der Waals surface area contributed by atoms with Crippen LogP contribution >= 0.6 is 11.6 Å². The summed E-state index contributed by atoms with van der Waals surface area (Å²) in [5.74, 6) is -2.33. The summed E-state index contributed by atoms with van der Waals surface area (Å²) in [5.41, 5.74) is 1.23. The fourth-order valence-corrected chi connectivity index (χ4v) is 4.55. The summed E-state index contributed by atoms with van der Waals surface area (Å²) in [6.45, 7) is 0. The highest BCUT2D eigenvalue weighted by molar-refractivity contribution is 6.35. The topological polar surface area (TPSA) is 41.7 Å². The van der Waals surface area contributed by atoms with Gasteiger partial charge < -0.3 is 9.51 Å². The van der Waals surface area contributed by atoms with Crippen molar-refractivity contribution in [3.05, 3.63) is 40.7 Å². The number of pyridine rings is 1. The molecule has 2 heterocycles. The van der Waals surface area contributed by atoms with E-state index in [1.54, 1.807) is 6.07 Å². The van der Waals surface area contributed by atoms with Gasteiger partial charge in [0.2, 0.25) is 5.92 Å². The van der Waals surface area contributed by atoms with E-state index in [1.807, 2.05) is 22.7 Å². The van der Waals surface area contributed by atoms with Crippen LogP contribution in [0.25, 0.3) is 5.52 Å². The van der Waals surface area contributed by atoms with E-state index in [2.05, 4.69) is 0 Å². The lowest BCUT2D eigenvalue weighted by Crippen LogP contribution is -2.38. The van der Waals surface area contributed by atoms with E-state index in [4.69, 9.17) is 11.6 Å². The smallest absolute Gasteiger partial charge is 0.248 e. The van der Waals surface area contributed by atoms with Gasteiger partial charge in [-0.05, 0) is 56.2 Å². The number of fused-ring (bicyclic) bond motifs is 1. The average molecular weight is 396 g/mol. The van der Waals surface area contributed by atoms with E-state index in [0.717, 1.165) is 18.5 Å². The van der Waals surface area contributed by atoms with Crippen molar-refractivity contribution in [2.45, 2.75) is 75.2 Å². The van der Waals surface area contributed by atoms with Crippen molar-refractivity contribution >= 4 is 22.9 Å². The van der Waals surface area contributed by atoms with Crippen LogP contribution in [-0.2, 0) is 0 Å². The maximum atomic E-state index is 13.4. The first-order valence-corrected chi connectivity index (χ1v) is 10.1. The minimum absolute atomic E-state index is 0.0396. The molecule has 0 aromatic carbocycles. The molecule has 0 atom stereocenters. The summed E-state index contributed by atoms with van der Waals surface area (Å²) in [6.07, 6.45) is 5.15. The van der Waals surface area contributed by atoms with Crippen LogP contribution in [0.4, 0.5) is 8.78 Å². The van der Waals surface area contributed by atoms with E-state index >= 15 is 0 Å². The van der Waals surface area contributed by atoms with Crippen molar-refractivity contribution in [2.24, 2.45) is 0 Å². The van der Waals surface area contributed by atoms with E-state index in [-0.39, 0.29) is 44.3 Å². The minimum Gasteiger partial charge on any atom is -0.390 e. The van der Waals surface area contributed by atoms with Gasteiger partial charge in [-0.25, -0.2) is 8.78 Å². The number of aromatic nitrogens is 1. The lowest BCUT2D eigenvalue weighted by molar-refractivity contribution is -0.105. The zero-order chi connectivity index (χ0) is 19.2. The first-order valence-electron chi connectivity index (χ1n) is 9.71. The third-order valence-corrected chi connectivity index (χ3v) is 6.63. The predicted molar refractivity (Wildman–Crippen MR) is 101 cm³/mol. The average Bonchev–Trinajstić information content (AvgIpc) is 2.96. The largest absolute Gasteiger partial charge is 0.390 e. The van der Waals surface area contributed by atoms with E-state index in [1.165, 1.54) is 6.42 Å². The maximum absolute atomic E-state index is 13.4. The Morgan fingerprint density at radius 1 is 1.26 bits per heavy atom. The molecule has 2 aliphatic rings.